The zero-order valence-electron chi connectivity index (χ0n) is 16.8. The monoisotopic (exact) mass is 330 g/mol. The summed E-state index contributed by atoms with van der Waals surface area (Å²) >= 11 is 0. The lowest BCUT2D eigenvalue weighted by Crippen LogP contribution is -2.38. The highest BCUT2D eigenvalue weighted by Gasteiger charge is 2.35. The van der Waals surface area contributed by atoms with Crippen molar-refractivity contribution >= 4 is 0 Å². The molecule has 0 aromatic heterocycles. The van der Waals surface area contributed by atoms with Gasteiger partial charge in [-0.25, -0.2) is 0 Å². The van der Waals surface area contributed by atoms with E-state index in [0.717, 1.165) is 30.8 Å². The summed E-state index contributed by atoms with van der Waals surface area (Å²) in [4.78, 5) is 0. The van der Waals surface area contributed by atoms with Crippen molar-refractivity contribution in [3.8, 4) is 11.5 Å². The molecule has 2 heteroatoms. The lowest BCUT2D eigenvalue weighted by atomic mass is 9.83. The molecule has 24 heavy (non-hydrogen) atoms. The molecule has 0 saturated carbocycles. The van der Waals surface area contributed by atoms with Crippen LogP contribution in [0, 0.1) is 26.7 Å². The molecule has 1 atom stereocenters. The van der Waals surface area contributed by atoms with Crippen molar-refractivity contribution in [1.82, 2.24) is 0 Å². The second-order valence-corrected chi connectivity index (χ2v) is 8.25. The molecule has 1 aliphatic rings. The highest BCUT2D eigenvalue weighted by molar-refractivity contribution is 5.59. The van der Waals surface area contributed by atoms with Crippen LogP contribution in [0.1, 0.15) is 69.7 Å². The summed E-state index contributed by atoms with van der Waals surface area (Å²) in [6, 6.07) is 0. The van der Waals surface area contributed by atoms with Gasteiger partial charge >= 0.3 is 0 Å². The summed E-state index contributed by atoms with van der Waals surface area (Å²) < 4.78 is 12.7. The molecule has 1 unspecified atom stereocenters. The van der Waals surface area contributed by atoms with Crippen molar-refractivity contribution in [3.63, 3.8) is 0 Å². The van der Waals surface area contributed by atoms with Crippen LogP contribution in [0.5, 0.6) is 11.5 Å². The molecule has 0 saturated heterocycles. The van der Waals surface area contributed by atoms with E-state index in [1.54, 1.807) is 0 Å². The molecule has 134 valence electrons. The molecule has 1 aliphatic heterocycles. The van der Waals surface area contributed by atoms with Gasteiger partial charge < -0.3 is 9.47 Å². The molecule has 0 spiro atoms. The Morgan fingerprint density at radius 3 is 2.42 bits per heavy atom. The average Bonchev–Trinajstić information content (AvgIpc) is 2.47. The maximum absolute atomic E-state index is 6.55. The van der Waals surface area contributed by atoms with Gasteiger partial charge in [0.15, 0.2) is 0 Å². The fraction of sp³-hybridized carbons (Fsp3) is 0.636. The van der Waals surface area contributed by atoms with Gasteiger partial charge in [-0.05, 0) is 89.5 Å². The van der Waals surface area contributed by atoms with E-state index < -0.39 is 0 Å². The fourth-order valence-corrected chi connectivity index (χ4v) is 3.80. The van der Waals surface area contributed by atoms with Crippen LogP contribution in [-0.2, 0) is 6.42 Å². The van der Waals surface area contributed by atoms with E-state index in [4.69, 9.17) is 9.47 Å². The maximum Gasteiger partial charge on any atom is 0.127 e. The number of allylic oxidation sites excluding steroid dienone is 1. The quantitative estimate of drug-likeness (QED) is 0.608. The lowest BCUT2D eigenvalue weighted by molar-refractivity contribution is 0.0428. The molecular weight excluding hydrogens is 296 g/mol. The summed E-state index contributed by atoms with van der Waals surface area (Å²) in [6.45, 7) is 18.1. The predicted octanol–water partition coefficient (Wildman–Crippen LogP) is 6.09. The molecule has 1 aromatic carbocycles. The average molecular weight is 331 g/mol. The fourth-order valence-electron chi connectivity index (χ4n) is 3.80. The Hall–Kier alpha value is -1.44. The number of benzene rings is 1. The Morgan fingerprint density at radius 1 is 1.17 bits per heavy atom. The number of fused-ring (bicyclic) bond motifs is 1. The van der Waals surface area contributed by atoms with Crippen LogP contribution >= 0.6 is 0 Å². The number of rotatable bonds is 5. The van der Waals surface area contributed by atoms with Gasteiger partial charge in [0.05, 0.1) is 0 Å². The van der Waals surface area contributed by atoms with Crippen LogP contribution in [0.15, 0.2) is 11.6 Å². The van der Waals surface area contributed by atoms with Gasteiger partial charge in [-0.1, -0.05) is 19.4 Å². The van der Waals surface area contributed by atoms with E-state index >= 15 is 0 Å². The predicted molar refractivity (Wildman–Crippen MR) is 102 cm³/mol. The number of hydrogen-bond acceptors (Lipinski definition) is 2. The van der Waals surface area contributed by atoms with E-state index in [2.05, 4.69) is 61.5 Å². The molecule has 0 aliphatic carbocycles. The van der Waals surface area contributed by atoms with Gasteiger partial charge in [0.2, 0.25) is 0 Å². The maximum atomic E-state index is 6.55. The topological polar surface area (TPSA) is 18.5 Å². The van der Waals surface area contributed by atoms with Crippen LogP contribution in [-0.4, -0.2) is 12.2 Å². The molecule has 2 nitrogen and oxygen atoms in total. The van der Waals surface area contributed by atoms with Crippen LogP contribution in [0.2, 0.25) is 0 Å². The number of hydrogen-bond donors (Lipinski definition) is 0. The molecule has 0 amide bonds. The van der Waals surface area contributed by atoms with Crippen molar-refractivity contribution in [2.45, 2.75) is 80.3 Å². The summed E-state index contributed by atoms with van der Waals surface area (Å²) in [5.41, 5.74) is 6.27. The summed E-state index contributed by atoms with van der Waals surface area (Å²) in [5.74, 6) is 2.79. The zero-order valence-corrected chi connectivity index (χ0v) is 16.8. The van der Waals surface area contributed by atoms with Gasteiger partial charge in [-0.3, -0.25) is 0 Å². The second-order valence-electron chi connectivity index (χ2n) is 8.25. The third-order valence-corrected chi connectivity index (χ3v) is 5.12. The molecule has 0 N–H and O–H groups in total. The van der Waals surface area contributed by atoms with Crippen LogP contribution in [0.4, 0.5) is 0 Å². The minimum atomic E-state index is -0.0464. The van der Waals surface area contributed by atoms with Crippen LogP contribution < -0.4 is 9.47 Å². The Balaban J connectivity index is 2.37. The normalized spacial score (nSPS) is 19.7. The minimum absolute atomic E-state index is 0.0464. The van der Waals surface area contributed by atoms with Crippen molar-refractivity contribution in [2.75, 3.05) is 6.61 Å². The molecule has 2 rings (SSSR count). The van der Waals surface area contributed by atoms with Gasteiger partial charge in [0.1, 0.15) is 23.7 Å². The first-order chi connectivity index (χ1) is 11.1. The smallest absolute Gasteiger partial charge is 0.127 e. The minimum Gasteiger partial charge on any atom is -0.489 e. The van der Waals surface area contributed by atoms with Crippen molar-refractivity contribution in [1.29, 1.82) is 0 Å². The largest absolute Gasteiger partial charge is 0.489 e. The third kappa shape index (κ3) is 3.96. The first kappa shape index (κ1) is 18.9. The zero-order chi connectivity index (χ0) is 18.1. The Morgan fingerprint density at radius 2 is 1.83 bits per heavy atom. The van der Waals surface area contributed by atoms with E-state index in [-0.39, 0.29) is 5.60 Å². The molecule has 1 heterocycles. The van der Waals surface area contributed by atoms with E-state index in [1.165, 1.54) is 27.8 Å². The second kappa shape index (κ2) is 7.21. The van der Waals surface area contributed by atoms with E-state index in [9.17, 15) is 0 Å². The van der Waals surface area contributed by atoms with Crippen LogP contribution in [0.3, 0.4) is 0 Å². The highest BCUT2D eigenvalue weighted by atomic mass is 16.5. The van der Waals surface area contributed by atoms with Gasteiger partial charge in [-0.15, -0.1) is 0 Å². The molecule has 1 aromatic rings. The van der Waals surface area contributed by atoms with Crippen molar-refractivity contribution in [3.05, 3.63) is 33.9 Å². The Bertz CT molecular complexity index is 636. The van der Waals surface area contributed by atoms with Crippen molar-refractivity contribution in [2.24, 2.45) is 5.92 Å². The first-order valence-corrected chi connectivity index (χ1v) is 9.22. The summed E-state index contributed by atoms with van der Waals surface area (Å²) in [7, 11) is 0. The first-order valence-electron chi connectivity index (χ1n) is 9.22. The van der Waals surface area contributed by atoms with Crippen molar-refractivity contribution < 1.29 is 9.47 Å². The molecule has 0 radical (unpaired) electrons. The Kier molecular flexibility index (Phi) is 5.67. The molecule has 0 bridgehead atoms. The lowest BCUT2D eigenvalue weighted by Gasteiger charge is -2.39. The standard InChI is InChI=1S/C22H34O2/c1-14(2)10-12-23-20-16(5)17(6)21-19(18(20)7)9-11-22(8,24-21)13-15(3)4/h10,15H,9,11-13H2,1-8H3. The van der Waals surface area contributed by atoms with Gasteiger partial charge in [0.25, 0.3) is 0 Å². The SMILES string of the molecule is CC(C)=CCOc1c(C)c(C)c2c(c1C)CCC(C)(CC(C)C)O2. The summed E-state index contributed by atoms with van der Waals surface area (Å²) in [6.07, 6.45) is 5.38. The van der Waals surface area contributed by atoms with E-state index in [1.807, 2.05) is 0 Å². The third-order valence-electron chi connectivity index (χ3n) is 5.12. The molecule has 0 fully saturated rings. The number of ether oxygens (including phenoxy) is 2. The Labute approximate surface area is 148 Å². The summed E-state index contributed by atoms with van der Waals surface area (Å²) in [5, 5.41) is 0. The highest BCUT2D eigenvalue weighted by Crippen LogP contribution is 2.45. The van der Waals surface area contributed by atoms with Gasteiger partial charge in [0, 0.05) is 5.56 Å². The van der Waals surface area contributed by atoms with Gasteiger partial charge in [-0.2, -0.15) is 0 Å². The van der Waals surface area contributed by atoms with Crippen LogP contribution in [0.25, 0.3) is 0 Å². The van der Waals surface area contributed by atoms with E-state index in [0.29, 0.717) is 12.5 Å². The molecular formula is C22H34O2.